The van der Waals surface area contributed by atoms with Gasteiger partial charge in [0.1, 0.15) is 6.54 Å². The van der Waals surface area contributed by atoms with Crippen LogP contribution in [0.2, 0.25) is 0 Å². The summed E-state index contributed by atoms with van der Waals surface area (Å²) in [5, 5.41) is 2.64. The first kappa shape index (κ1) is 19.5. The van der Waals surface area contributed by atoms with Crippen LogP contribution in [0.5, 0.6) is 0 Å². The fourth-order valence-electron chi connectivity index (χ4n) is 2.52. The Morgan fingerprint density at radius 1 is 1.04 bits per heavy atom. The zero-order valence-corrected chi connectivity index (χ0v) is 14.4. The number of amides is 2. The van der Waals surface area contributed by atoms with Crippen molar-refractivity contribution in [2.24, 2.45) is 0 Å². The maximum absolute atomic E-state index is 13.2. The second-order valence-corrected chi connectivity index (χ2v) is 5.82. The molecule has 0 aliphatic heterocycles. The Kier molecular flexibility index (Phi) is 6.02. The summed E-state index contributed by atoms with van der Waals surface area (Å²) >= 11 is 0. The molecule has 1 N–H and O–H groups in total. The lowest BCUT2D eigenvalue weighted by atomic mass is 10.1. The van der Waals surface area contributed by atoms with E-state index in [4.69, 9.17) is 0 Å². The van der Waals surface area contributed by atoms with Crippen LogP contribution >= 0.6 is 0 Å². The van der Waals surface area contributed by atoms with Gasteiger partial charge in [0.25, 0.3) is 0 Å². The monoisotopic (exact) mass is 364 g/mol. The van der Waals surface area contributed by atoms with Crippen molar-refractivity contribution in [3.8, 4) is 0 Å². The van der Waals surface area contributed by atoms with Gasteiger partial charge in [0.05, 0.1) is 11.3 Å². The maximum atomic E-state index is 13.2. The van der Waals surface area contributed by atoms with Crippen molar-refractivity contribution in [1.29, 1.82) is 0 Å². The second kappa shape index (κ2) is 8.03. The molecule has 0 saturated carbocycles. The van der Waals surface area contributed by atoms with E-state index in [0.717, 1.165) is 29.0 Å². The molecule has 2 aromatic carbocycles. The Morgan fingerprint density at radius 2 is 1.65 bits per heavy atom. The summed E-state index contributed by atoms with van der Waals surface area (Å²) in [6, 6.07) is 12.1. The topological polar surface area (TPSA) is 49.4 Å². The van der Waals surface area contributed by atoms with E-state index in [1.54, 1.807) is 0 Å². The molecule has 0 atom stereocenters. The number of nitrogens with one attached hydrogen (secondary N) is 1. The molecule has 2 amide bonds. The smallest absolute Gasteiger partial charge is 0.350 e. The Hall–Kier alpha value is -2.83. The molecule has 0 saturated heterocycles. The van der Waals surface area contributed by atoms with E-state index in [2.05, 4.69) is 5.32 Å². The molecule has 0 spiro atoms. The molecule has 0 aliphatic rings. The van der Waals surface area contributed by atoms with Crippen molar-refractivity contribution in [2.45, 2.75) is 26.6 Å². The molecule has 0 heterocycles. The predicted octanol–water partition coefficient (Wildman–Crippen LogP) is 3.68. The number of alkyl halides is 3. The molecule has 0 aliphatic carbocycles. The SMILES string of the molecule is CC(=O)N(CC(=O)NCc1ccccc1C)c1ccccc1C(F)(F)F. The summed E-state index contributed by atoms with van der Waals surface area (Å²) in [6.45, 7) is 2.76. The number of para-hydroxylation sites is 1. The Morgan fingerprint density at radius 3 is 2.27 bits per heavy atom. The van der Waals surface area contributed by atoms with Gasteiger partial charge in [-0.05, 0) is 30.2 Å². The van der Waals surface area contributed by atoms with E-state index in [1.807, 2.05) is 31.2 Å². The van der Waals surface area contributed by atoms with Crippen LogP contribution in [0.25, 0.3) is 0 Å². The van der Waals surface area contributed by atoms with Crippen molar-refractivity contribution < 1.29 is 22.8 Å². The quantitative estimate of drug-likeness (QED) is 0.880. The molecule has 26 heavy (non-hydrogen) atoms. The fourth-order valence-corrected chi connectivity index (χ4v) is 2.52. The summed E-state index contributed by atoms with van der Waals surface area (Å²) in [4.78, 5) is 24.9. The minimum absolute atomic E-state index is 0.234. The number of benzene rings is 2. The number of carbonyl (C=O) groups excluding carboxylic acids is 2. The Balaban J connectivity index is 2.16. The molecule has 138 valence electrons. The van der Waals surface area contributed by atoms with E-state index in [1.165, 1.54) is 18.2 Å². The van der Waals surface area contributed by atoms with E-state index in [0.29, 0.717) is 0 Å². The molecule has 4 nitrogen and oxygen atoms in total. The number of anilines is 1. The van der Waals surface area contributed by atoms with Crippen LogP contribution in [0.3, 0.4) is 0 Å². The van der Waals surface area contributed by atoms with Crippen molar-refractivity contribution in [2.75, 3.05) is 11.4 Å². The van der Waals surface area contributed by atoms with Gasteiger partial charge in [-0.1, -0.05) is 36.4 Å². The minimum atomic E-state index is -4.62. The van der Waals surface area contributed by atoms with Gasteiger partial charge in [0, 0.05) is 13.5 Å². The zero-order valence-electron chi connectivity index (χ0n) is 14.4. The number of aryl methyl sites for hydroxylation is 1. The molecular weight excluding hydrogens is 345 g/mol. The summed E-state index contributed by atoms with van der Waals surface area (Å²) in [7, 11) is 0. The summed E-state index contributed by atoms with van der Waals surface area (Å²) in [5.74, 6) is -1.19. The van der Waals surface area contributed by atoms with Crippen molar-refractivity contribution >= 4 is 17.5 Å². The summed E-state index contributed by atoms with van der Waals surface area (Å²) < 4.78 is 39.6. The van der Waals surface area contributed by atoms with Crippen molar-refractivity contribution in [1.82, 2.24) is 5.32 Å². The highest BCUT2D eigenvalue weighted by Crippen LogP contribution is 2.36. The van der Waals surface area contributed by atoms with Gasteiger partial charge in [-0.15, -0.1) is 0 Å². The first-order valence-corrected chi connectivity index (χ1v) is 7.95. The highest BCUT2D eigenvalue weighted by atomic mass is 19.4. The average Bonchev–Trinajstić information content (AvgIpc) is 2.58. The summed E-state index contributed by atoms with van der Waals surface area (Å²) in [5.41, 5.74) is 0.588. The molecular formula is C19H19F3N2O2. The lowest BCUT2D eigenvalue weighted by Gasteiger charge is -2.24. The molecule has 2 aromatic rings. The molecule has 2 rings (SSSR count). The van der Waals surface area contributed by atoms with E-state index in [9.17, 15) is 22.8 Å². The standard InChI is InChI=1S/C19H19F3N2O2/c1-13-7-3-4-8-15(13)11-23-18(26)12-24(14(2)25)17-10-6-5-9-16(17)19(20,21)22/h3-10H,11-12H2,1-2H3,(H,23,26). The normalized spacial score (nSPS) is 11.1. The first-order valence-electron chi connectivity index (χ1n) is 7.95. The van der Waals surface area contributed by atoms with Crippen LogP contribution in [0.15, 0.2) is 48.5 Å². The third kappa shape index (κ3) is 4.84. The van der Waals surface area contributed by atoms with Gasteiger partial charge in [0.2, 0.25) is 11.8 Å². The number of hydrogen-bond acceptors (Lipinski definition) is 2. The van der Waals surface area contributed by atoms with Gasteiger partial charge >= 0.3 is 6.18 Å². The highest BCUT2D eigenvalue weighted by Gasteiger charge is 2.35. The van der Waals surface area contributed by atoms with Gasteiger partial charge in [-0.25, -0.2) is 0 Å². The van der Waals surface area contributed by atoms with Crippen molar-refractivity contribution in [3.05, 3.63) is 65.2 Å². The van der Waals surface area contributed by atoms with E-state index < -0.39 is 30.1 Å². The van der Waals surface area contributed by atoms with Crippen LogP contribution in [0.1, 0.15) is 23.6 Å². The average molecular weight is 364 g/mol. The number of rotatable bonds is 5. The van der Waals surface area contributed by atoms with Crippen LogP contribution in [-0.2, 0) is 22.3 Å². The van der Waals surface area contributed by atoms with Crippen molar-refractivity contribution in [3.63, 3.8) is 0 Å². The molecule has 0 unspecified atom stereocenters. The van der Waals surface area contributed by atoms with E-state index in [-0.39, 0.29) is 12.2 Å². The maximum Gasteiger partial charge on any atom is 0.418 e. The molecule has 0 radical (unpaired) electrons. The third-order valence-corrected chi connectivity index (χ3v) is 3.92. The first-order chi connectivity index (χ1) is 12.2. The number of carbonyl (C=O) groups is 2. The van der Waals surface area contributed by atoms with Gasteiger partial charge in [-0.3, -0.25) is 9.59 Å². The third-order valence-electron chi connectivity index (χ3n) is 3.92. The molecule has 0 bridgehead atoms. The Bertz CT molecular complexity index is 803. The van der Waals surface area contributed by atoms with Crippen LogP contribution < -0.4 is 10.2 Å². The highest BCUT2D eigenvalue weighted by molar-refractivity contribution is 5.98. The zero-order chi connectivity index (χ0) is 19.3. The van der Waals surface area contributed by atoms with Crippen LogP contribution in [-0.4, -0.2) is 18.4 Å². The fraction of sp³-hybridized carbons (Fsp3) is 0.263. The second-order valence-electron chi connectivity index (χ2n) is 5.82. The predicted molar refractivity (Wildman–Crippen MR) is 92.5 cm³/mol. The minimum Gasteiger partial charge on any atom is -0.350 e. The molecule has 0 aromatic heterocycles. The lowest BCUT2D eigenvalue weighted by molar-refractivity contribution is -0.137. The van der Waals surface area contributed by atoms with Gasteiger partial charge in [-0.2, -0.15) is 13.2 Å². The summed E-state index contributed by atoms with van der Waals surface area (Å²) in [6.07, 6.45) is -4.62. The molecule has 7 heteroatoms. The lowest BCUT2D eigenvalue weighted by Crippen LogP contribution is -2.40. The molecule has 0 fully saturated rings. The van der Waals surface area contributed by atoms with Crippen LogP contribution in [0.4, 0.5) is 18.9 Å². The Labute approximate surface area is 149 Å². The van der Waals surface area contributed by atoms with Gasteiger partial charge in [0.15, 0.2) is 0 Å². The van der Waals surface area contributed by atoms with E-state index >= 15 is 0 Å². The van der Waals surface area contributed by atoms with Gasteiger partial charge < -0.3 is 10.2 Å². The largest absolute Gasteiger partial charge is 0.418 e. The number of hydrogen-bond donors (Lipinski definition) is 1. The van der Waals surface area contributed by atoms with Crippen LogP contribution in [0, 0.1) is 6.92 Å². The number of halogens is 3. The number of nitrogens with zero attached hydrogens (tertiary/aromatic N) is 1.